The van der Waals surface area contributed by atoms with E-state index >= 15 is 0 Å². The highest BCUT2D eigenvalue weighted by atomic mass is 16.5. The Morgan fingerprint density at radius 3 is 2.83 bits per heavy atom. The van der Waals surface area contributed by atoms with Crippen molar-refractivity contribution < 1.29 is 9.53 Å². The Labute approximate surface area is 171 Å². The number of aryl methyl sites for hydroxylation is 2. The van der Waals surface area contributed by atoms with Crippen LogP contribution < -0.4 is 4.74 Å². The first kappa shape index (κ1) is 19.2. The molecule has 29 heavy (non-hydrogen) atoms. The zero-order chi connectivity index (χ0) is 20.4. The zero-order valence-electron chi connectivity index (χ0n) is 17.1. The summed E-state index contributed by atoms with van der Waals surface area (Å²) in [7, 11) is 0. The van der Waals surface area contributed by atoms with Gasteiger partial charge in [-0.1, -0.05) is 24.3 Å². The second-order valence-corrected chi connectivity index (χ2v) is 7.69. The lowest BCUT2D eigenvalue weighted by molar-refractivity contribution is -0.127. The van der Waals surface area contributed by atoms with Gasteiger partial charge in [0.15, 0.2) is 0 Å². The molecule has 1 aliphatic heterocycles. The summed E-state index contributed by atoms with van der Waals surface area (Å²) < 4.78 is 8.24. The molecule has 2 aromatic carbocycles. The van der Waals surface area contributed by atoms with Crippen LogP contribution in [0.25, 0.3) is 11.0 Å². The number of rotatable bonds is 7. The van der Waals surface area contributed by atoms with E-state index in [1.807, 2.05) is 29.2 Å². The molecule has 1 atom stereocenters. The number of fused-ring (bicyclic) bond motifs is 1. The first-order valence-corrected chi connectivity index (χ1v) is 10.1. The molecule has 0 radical (unpaired) electrons. The van der Waals surface area contributed by atoms with Gasteiger partial charge in [-0.3, -0.25) is 4.79 Å². The van der Waals surface area contributed by atoms with Gasteiger partial charge in [-0.2, -0.15) is 0 Å². The molecule has 0 spiro atoms. The number of para-hydroxylation sites is 2. The third-order valence-corrected chi connectivity index (χ3v) is 5.68. The Balaban J connectivity index is 1.56. The van der Waals surface area contributed by atoms with Crippen molar-refractivity contribution in [2.45, 2.75) is 32.7 Å². The summed E-state index contributed by atoms with van der Waals surface area (Å²) in [6.07, 6.45) is 2.27. The normalized spacial score (nSPS) is 16.6. The number of nitrogens with zero attached hydrogens (tertiary/aromatic N) is 3. The highest BCUT2D eigenvalue weighted by Gasteiger charge is 2.33. The van der Waals surface area contributed by atoms with Gasteiger partial charge >= 0.3 is 0 Å². The minimum absolute atomic E-state index is 0.0940. The van der Waals surface area contributed by atoms with Crippen molar-refractivity contribution in [1.82, 2.24) is 14.5 Å². The first-order chi connectivity index (χ1) is 14.1. The van der Waals surface area contributed by atoms with Crippen LogP contribution in [0.1, 0.15) is 29.3 Å². The maximum atomic E-state index is 12.3. The number of carbonyl (C=O) groups excluding carboxylic acids is 1. The number of ether oxygens (including phenoxy) is 1. The van der Waals surface area contributed by atoms with Gasteiger partial charge in [-0.25, -0.2) is 4.98 Å². The third kappa shape index (κ3) is 3.90. The Morgan fingerprint density at radius 2 is 2.03 bits per heavy atom. The lowest BCUT2D eigenvalue weighted by Gasteiger charge is -2.16. The Morgan fingerprint density at radius 1 is 1.21 bits per heavy atom. The van der Waals surface area contributed by atoms with Crippen LogP contribution in [0, 0.1) is 13.8 Å². The minimum Gasteiger partial charge on any atom is -0.492 e. The summed E-state index contributed by atoms with van der Waals surface area (Å²) in [4.78, 5) is 19.1. The molecular formula is C24H27N3O2. The van der Waals surface area contributed by atoms with E-state index in [1.54, 1.807) is 6.08 Å². The van der Waals surface area contributed by atoms with Crippen LogP contribution >= 0.6 is 0 Å². The lowest BCUT2D eigenvalue weighted by Crippen LogP contribution is -2.25. The summed E-state index contributed by atoms with van der Waals surface area (Å²) in [6.45, 7) is 10.5. The second kappa shape index (κ2) is 8.11. The van der Waals surface area contributed by atoms with Crippen LogP contribution in [0.3, 0.4) is 0 Å². The Hall–Kier alpha value is -3.08. The SMILES string of the molecule is C=CCN1C[C@H](c2nc3ccccc3n2CCOc2ccc(C)c(C)c2)CC1=O. The van der Waals surface area contributed by atoms with Gasteiger partial charge in [0.05, 0.1) is 17.6 Å². The van der Waals surface area contributed by atoms with Crippen molar-refractivity contribution >= 4 is 16.9 Å². The molecule has 0 saturated carbocycles. The molecule has 1 aromatic heterocycles. The Bertz CT molecular complexity index is 1050. The molecule has 0 N–H and O–H groups in total. The third-order valence-electron chi connectivity index (χ3n) is 5.68. The van der Waals surface area contributed by atoms with E-state index in [2.05, 4.69) is 43.2 Å². The van der Waals surface area contributed by atoms with Crippen LogP contribution in [0.5, 0.6) is 5.75 Å². The number of aromatic nitrogens is 2. The summed E-state index contributed by atoms with van der Waals surface area (Å²) in [6, 6.07) is 14.3. The van der Waals surface area contributed by atoms with Crippen molar-refractivity contribution in [3.05, 3.63) is 72.1 Å². The Kier molecular flexibility index (Phi) is 5.38. The molecule has 0 unspecified atom stereocenters. The van der Waals surface area contributed by atoms with Crippen LogP contribution in [0.15, 0.2) is 55.1 Å². The fraction of sp³-hybridized carbons (Fsp3) is 0.333. The number of likely N-dealkylation sites (tertiary alicyclic amines) is 1. The highest BCUT2D eigenvalue weighted by Crippen LogP contribution is 2.30. The standard InChI is InChI=1S/C24H27N3O2/c1-4-11-26-16-19(15-23(26)28)24-25-21-7-5-6-8-22(21)27(24)12-13-29-20-10-9-17(2)18(3)14-20/h4-10,14,19H,1,11-13,15-16H2,2-3H3/t19-/m1/s1. The number of benzene rings is 2. The zero-order valence-corrected chi connectivity index (χ0v) is 17.1. The van der Waals surface area contributed by atoms with Crippen molar-refractivity contribution in [2.75, 3.05) is 19.7 Å². The van der Waals surface area contributed by atoms with E-state index in [0.29, 0.717) is 32.7 Å². The summed E-state index contributed by atoms with van der Waals surface area (Å²) >= 11 is 0. The van der Waals surface area contributed by atoms with Crippen molar-refractivity contribution in [2.24, 2.45) is 0 Å². The molecule has 4 rings (SSSR count). The van der Waals surface area contributed by atoms with E-state index in [-0.39, 0.29) is 11.8 Å². The first-order valence-electron chi connectivity index (χ1n) is 10.1. The fourth-order valence-corrected chi connectivity index (χ4v) is 3.98. The average molecular weight is 389 g/mol. The van der Waals surface area contributed by atoms with Crippen LogP contribution in [-0.4, -0.2) is 40.1 Å². The molecule has 0 aliphatic carbocycles. The predicted molar refractivity (Wildman–Crippen MR) is 115 cm³/mol. The van der Waals surface area contributed by atoms with E-state index in [1.165, 1.54) is 11.1 Å². The molecule has 150 valence electrons. The van der Waals surface area contributed by atoms with Gasteiger partial charge in [-0.15, -0.1) is 6.58 Å². The van der Waals surface area contributed by atoms with E-state index in [0.717, 1.165) is 22.6 Å². The molecule has 1 amide bonds. The summed E-state index contributed by atoms with van der Waals surface area (Å²) in [5.41, 5.74) is 4.53. The maximum Gasteiger partial charge on any atom is 0.223 e. The van der Waals surface area contributed by atoms with E-state index in [4.69, 9.17) is 9.72 Å². The number of carbonyl (C=O) groups is 1. The number of imidazole rings is 1. The van der Waals surface area contributed by atoms with Crippen molar-refractivity contribution in [3.63, 3.8) is 0 Å². The highest BCUT2D eigenvalue weighted by molar-refractivity contribution is 5.81. The number of hydrogen-bond acceptors (Lipinski definition) is 3. The van der Waals surface area contributed by atoms with Gasteiger partial charge < -0.3 is 14.2 Å². The molecule has 0 bridgehead atoms. The largest absolute Gasteiger partial charge is 0.492 e. The molecule has 2 heterocycles. The topological polar surface area (TPSA) is 47.4 Å². The molecule has 1 saturated heterocycles. The molecular weight excluding hydrogens is 362 g/mol. The van der Waals surface area contributed by atoms with Gasteiger partial charge in [-0.05, 0) is 49.2 Å². The number of amides is 1. The molecule has 5 nitrogen and oxygen atoms in total. The van der Waals surface area contributed by atoms with Gasteiger partial charge in [0.2, 0.25) is 5.91 Å². The van der Waals surface area contributed by atoms with Gasteiger partial charge in [0.1, 0.15) is 18.2 Å². The predicted octanol–water partition coefficient (Wildman–Crippen LogP) is 4.23. The molecule has 1 fully saturated rings. The van der Waals surface area contributed by atoms with Gasteiger partial charge in [0, 0.05) is 25.4 Å². The molecule has 3 aromatic rings. The lowest BCUT2D eigenvalue weighted by atomic mass is 10.1. The van der Waals surface area contributed by atoms with Crippen molar-refractivity contribution in [1.29, 1.82) is 0 Å². The van der Waals surface area contributed by atoms with Crippen LogP contribution in [0.4, 0.5) is 0 Å². The van der Waals surface area contributed by atoms with E-state index in [9.17, 15) is 4.79 Å². The average Bonchev–Trinajstić information content (AvgIpc) is 3.26. The van der Waals surface area contributed by atoms with E-state index < -0.39 is 0 Å². The molecule has 1 aliphatic rings. The van der Waals surface area contributed by atoms with Crippen LogP contribution in [0.2, 0.25) is 0 Å². The fourth-order valence-electron chi connectivity index (χ4n) is 3.98. The maximum absolute atomic E-state index is 12.3. The second-order valence-electron chi connectivity index (χ2n) is 7.69. The van der Waals surface area contributed by atoms with Crippen molar-refractivity contribution in [3.8, 4) is 5.75 Å². The van der Waals surface area contributed by atoms with Crippen LogP contribution in [-0.2, 0) is 11.3 Å². The summed E-state index contributed by atoms with van der Waals surface area (Å²) in [5.74, 6) is 2.11. The summed E-state index contributed by atoms with van der Waals surface area (Å²) in [5, 5.41) is 0. The minimum atomic E-state index is 0.0940. The monoisotopic (exact) mass is 389 g/mol. The molecule has 5 heteroatoms. The smallest absolute Gasteiger partial charge is 0.223 e. The van der Waals surface area contributed by atoms with Gasteiger partial charge in [0.25, 0.3) is 0 Å². The number of hydrogen-bond donors (Lipinski definition) is 0. The quantitative estimate of drug-likeness (QED) is 0.568.